The standard InChI is InChI=1S/C14H28O/c1-6-8-12-15-14(4,5)11-9-10-13(3)7-2/h7,13H,2,6,8-12H2,1,3-5H3. The fourth-order valence-corrected chi connectivity index (χ4v) is 1.53. The molecule has 0 fully saturated rings. The van der Waals surface area contributed by atoms with Gasteiger partial charge in [0.2, 0.25) is 0 Å². The van der Waals surface area contributed by atoms with Crippen LogP contribution in [0.15, 0.2) is 12.7 Å². The molecule has 0 aliphatic heterocycles. The van der Waals surface area contributed by atoms with Crippen molar-refractivity contribution in [3.05, 3.63) is 12.7 Å². The molecule has 0 radical (unpaired) electrons. The maximum atomic E-state index is 5.86. The van der Waals surface area contributed by atoms with Gasteiger partial charge in [0.1, 0.15) is 0 Å². The third-order valence-electron chi connectivity index (χ3n) is 2.83. The summed E-state index contributed by atoms with van der Waals surface area (Å²) in [7, 11) is 0. The molecule has 0 N–H and O–H groups in total. The first-order valence-electron chi connectivity index (χ1n) is 6.28. The Labute approximate surface area is 95.9 Å². The number of allylic oxidation sites excluding steroid dienone is 1. The van der Waals surface area contributed by atoms with Crippen LogP contribution in [0.3, 0.4) is 0 Å². The van der Waals surface area contributed by atoms with E-state index in [1.807, 2.05) is 6.08 Å². The summed E-state index contributed by atoms with van der Waals surface area (Å²) in [4.78, 5) is 0. The van der Waals surface area contributed by atoms with Gasteiger partial charge in [-0.2, -0.15) is 0 Å². The second-order valence-corrected chi connectivity index (χ2v) is 5.07. The van der Waals surface area contributed by atoms with Crippen LogP contribution in [-0.2, 0) is 4.74 Å². The zero-order valence-electron chi connectivity index (χ0n) is 11.0. The van der Waals surface area contributed by atoms with Crippen LogP contribution in [0.2, 0.25) is 0 Å². The summed E-state index contributed by atoms with van der Waals surface area (Å²) in [5, 5.41) is 0. The third kappa shape index (κ3) is 8.68. The highest BCUT2D eigenvalue weighted by atomic mass is 16.5. The summed E-state index contributed by atoms with van der Waals surface area (Å²) < 4.78 is 5.86. The molecule has 0 bridgehead atoms. The summed E-state index contributed by atoms with van der Waals surface area (Å²) in [5.41, 5.74) is 0.0516. The molecule has 0 saturated carbocycles. The van der Waals surface area contributed by atoms with Crippen molar-refractivity contribution in [2.24, 2.45) is 5.92 Å². The van der Waals surface area contributed by atoms with Gasteiger partial charge in [-0.3, -0.25) is 0 Å². The van der Waals surface area contributed by atoms with Crippen molar-refractivity contribution < 1.29 is 4.74 Å². The fourth-order valence-electron chi connectivity index (χ4n) is 1.53. The van der Waals surface area contributed by atoms with Crippen molar-refractivity contribution in [1.82, 2.24) is 0 Å². The average molecular weight is 212 g/mol. The number of rotatable bonds is 9. The lowest BCUT2D eigenvalue weighted by molar-refractivity contribution is -0.0264. The Morgan fingerprint density at radius 1 is 1.33 bits per heavy atom. The van der Waals surface area contributed by atoms with E-state index in [0.29, 0.717) is 5.92 Å². The molecule has 0 aliphatic carbocycles. The molecule has 0 aromatic heterocycles. The van der Waals surface area contributed by atoms with E-state index in [1.54, 1.807) is 0 Å². The van der Waals surface area contributed by atoms with Crippen LogP contribution in [0.25, 0.3) is 0 Å². The highest BCUT2D eigenvalue weighted by Gasteiger charge is 2.17. The summed E-state index contributed by atoms with van der Waals surface area (Å²) in [6.45, 7) is 13.5. The monoisotopic (exact) mass is 212 g/mol. The van der Waals surface area contributed by atoms with E-state index in [4.69, 9.17) is 4.74 Å². The second-order valence-electron chi connectivity index (χ2n) is 5.07. The molecule has 1 nitrogen and oxygen atoms in total. The molecule has 0 amide bonds. The van der Waals surface area contributed by atoms with E-state index in [9.17, 15) is 0 Å². The Kier molecular flexibility index (Phi) is 7.76. The largest absolute Gasteiger partial charge is 0.376 e. The van der Waals surface area contributed by atoms with Crippen molar-refractivity contribution in [1.29, 1.82) is 0 Å². The minimum Gasteiger partial charge on any atom is -0.376 e. The molecule has 0 aromatic rings. The van der Waals surface area contributed by atoms with Crippen LogP contribution in [0.1, 0.15) is 59.8 Å². The van der Waals surface area contributed by atoms with Crippen molar-refractivity contribution in [3.63, 3.8) is 0 Å². The average Bonchev–Trinajstić information content (AvgIpc) is 2.17. The lowest BCUT2D eigenvalue weighted by Crippen LogP contribution is -2.25. The first kappa shape index (κ1) is 14.7. The molecule has 0 aromatic carbocycles. The van der Waals surface area contributed by atoms with Crippen molar-refractivity contribution >= 4 is 0 Å². The molecule has 0 heterocycles. The van der Waals surface area contributed by atoms with Gasteiger partial charge in [-0.15, -0.1) is 6.58 Å². The van der Waals surface area contributed by atoms with Gasteiger partial charge in [0.15, 0.2) is 0 Å². The lowest BCUT2D eigenvalue weighted by Gasteiger charge is -2.25. The molecule has 15 heavy (non-hydrogen) atoms. The van der Waals surface area contributed by atoms with E-state index in [0.717, 1.165) is 13.0 Å². The fraction of sp³-hybridized carbons (Fsp3) is 0.857. The van der Waals surface area contributed by atoms with Gasteiger partial charge in [0.05, 0.1) is 5.60 Å². The van der Waals surface area contributed by atoms with Crippen LogP contribution >= 0.6 is 0 Å². The SMILES string of the molecule is C=CC(C)CCCC(C)(C)OCCCC. The summed E-state index contributed by atoms with van der Waals surface area (Å²) in [6.07, 6.45) is 8.02. The van der Waals surface area contributed by atoms with E-state index >= 15 is 0 Å². The van der Waals surface area contributed by atoms with Gasteiger partial charge in [-0.05, 0) is 39.0 Å². The highest BCUT2D eigenvalue weighted by Crippen LogP contribution is 2.20. The molecule has 1 unspecified atom stereocenters. The molecule has 1 atom stereocenters. The van der Waals surface area contributed by atoms with Crippen LogP contribution in [-0.4, -0.2) is 12.2 Å². The minimum absolute atomic E-state index is 0.0516. The van der Waals surface area contributed by atoms with Gasteiger partial charge >= 0.3 is 0 Å². The Balaban J connectivity index is 3.58. The normalized spacial score (nSPS) is 13.9. The number of hydrogen-bond acceptors (Lipinski definition) is 1. The molecule has 90 valence electrons. The van der Waals surface area contributed by atoms with E-state index in [1.165, 1.54) is 25.7 Å². The first-order chi connectivity index (χ1) is 7.02. The Hall–Kier alpha value is -0.300. The molecule has 1 heteroatoms. The third-order valence-corrected chi connectivity index (χ3v) is 2.83. The molecular weight excluding hydrogens is 184 g/mol. The lowest BCUT2D eigenvalue weighted by atomic mass is 9.97. The molecule has 0 aliphatic rings. The predicted octanol–water partition coefficient (Wildman–Crippen LogP) is 4.57. The quantitative estimate of drug-likeness (QED) is 0.402. The van der Waals surface area contributed by atoms with Crippen molar-refractivity contribution in [2.45, 2.75) is 65.4 Å². The Morgan fingerprint density at radius 3 is 2.53 bits per heavy atom. The van der Waals surface area contributed by atoms with Crippen LogP contribution < -0.4 is 0 Å². The Bertz CT molecular complexity index is 161. The van der Waals surface area contributed by atoms with E-state index in [2.05, 4.69) is 34.3 Å². The van der Waals surface area contributed by atoms with Gasteiger partial charge < -0.3 is 4.74 Å². The van der Waals surface area contributed by atoms with Gasteiger partial charge in [-0.1, -0.05) is 32.8 Å². The van der Waals surface area contributed by atoms with Gasteiger partial charge in [0.25, 0.3) is 0 Å². The number of ether oxygens (including phenoxy) is 1. The molecular formula is C14H28O. The zero-order chi connectivity index (χ0) is 11.7. The van der Waals surface area contributed by atoms with Crippen LogP contribution in [0.5, 0.6) is 0 Å². The topological polar surface area (TPSA) is 9.23 Å². The van der Waals surface area contributed by atoms with Gasteiger partial charge in [0, 0.05) is 6.61 Å². The van der Waals surface area contributed by atoms with Crippen molar-refractivity contribution in [3.8, 4) is 0 Å². The maximum Gasteiger partial charge on any atom is 0.0626 e. The van der Waals surface area contributed by atoms with Crippen LogP contribution in [0.4, 0.5) is 0 Å². The highest BCUT2D eigenvalue weighted by molar-refractivity contribution is 4.76. The number of hydrogen-bond donors (Lipinski definition) is 0. The molecule has 0 rings (SSSR count). The zero-order valence-corrected chi connectivity index (χ0v) is 11.0. The van der Waals surface area contributed by atoms with E-state index < -0.39 is 0 Å². The first-order valence-corrected chi connectivity index (χ1v) is 6.28. The van der Waals surface area contributed by atoms with Gasteiger partial charge in [-0.25, -0.2) is 0 Å². The smallest absolute Gasteiger partial charge is 0.0626 e. The summed E-state index contributed by atoms with van der Waals surface area (Å²) >= 11 is 0. The maximum absolute atomic E-state index is 5.86. The summed E-state index contributed by atoms with van der Waals surface area (Å²) in [6, 6.07) is 0. The number of unbranched alkanes of at least 4 members (excludes halogenated alkanes) is 1. The molecule has 0 saturated heterocycles. The molecule has 0 spiro atoms. The second kappa shape index (κ2) is 7.92. The minimum atomic E-state index is 0.0516. The Morgan fingerprint density at radius 2 is 2.00 bits per heavy atom. The summed E-state index contributed by atoms with van der Waals surface area (Å²) in [5.74, 6) is 0.636. The van der Waals surface area contributed by atoms with Crippen LogP contribution in [0, 0.1) is 5.92 Å². The van der Waals surface area contributed by atoms with Crippen molar-refractivity contribution in [2.75, 3.05) is 6.61 Å². The van der Waals surface area contributed by atoms with E-state index in [-0.39, 0.29) is 5.60 Å². The predicted molar refractivity (Wildman–Crippen MR) is 68.2 cm³/mol.